The van der Waals surface area contributed by atoms with Crippen LogP contribution in [-0.4, -0.2) is 180 Å². The number of rotatable bonds is 15. The van der Waals surface area contributed by atoms with Crippen molar-refractivity contribution in [2.45, 2.75) is 120 Å². The van der Waals surface area contributed by atoms with E-state index in [0.29, 0.717) is 0 Å². The molecule has 3 saturated heterocycles. The van der Waals surface area contributed by atoms with Gasteiger partial charge in [-0.3, -0.25) is 0 Å². The lowest BCUT2D eigenvalue weighted by atomic mass is 9.98. The summed E-state index contributed by atoms with van der Waals surface area (Å²) in [4.78, 5) is 25.2. The number of aliphatic hydroxyl groups excluding tert-OH is 11. The van der Waals surface area contributed by atoms with Crippen molar-refractivity contribution in [3.63, 3.8) is 0 Å². The Morgan fingerprint density at radius 2 is 0.825 bits per heavy atom. The summed E-state index contributed by atoms with van der Waals surface area (Å²) in [5.74, 6) is -1.75. The van der Waals surface area contributed by atoms with Crippen molar-refractivity contribution < 1.29 is 94.2 Å². The van der Waals surface area contributed by atoms with Crippen molar-refractivity contribution in [2.75, 3.05) is 19.8 Å². The molecule has 0 radical (unpaired) electrons. The minimum Gasteiger partial charge on any atom is -0.429 e. The molecule has 3 fully saturated rings. The highest BCUT2D eigenvalue weighted by atomic mass is 16.7. The normalized spacial score (nSPS) is 37.6. The first kappa shape index (κ1) is 47.9. The van der Waals surface area contributed by atoms with Crippen molar-refractivity contribution in [2.24, 2.45) is 0 Å². The van der Waals surface area contributed by atoms with E-state index in [1.807, 2.05) is 6.92 Å². The van der Waals surface area contributed by atoms with Gasteiger partial charge < -0.3 is 84.6 Å². The number of hydrogen-bond acceptors (Lipinski definition) is 19. The average molecular weight is 815 g/mol. The Balaban J connectivity index is 1.48. The fourth-order valence-corrected chi connectivity index (χ4v) is 5.46. The summed E-state index contributed by atoms with van der Waals surface area (Å²) in [6.07, 6.45) is -7.55. The molecule has 11 N–H and O–H groups in total. The minimum atomic E-state index is -1.83. The van der Waals surface area contributed by atoms with Crippen LogP contribution in [0, 0.1) is 0 Å². The molecular formula is C38H54O19. The second kappa shape index (κ2) is 22.6. The van der Waals surface area contributed by atoms with E-state index in [0.717, 1.165) is 11.1 Å². The standard InChI is InChI=1S/C38H54O19/c1-18(11-7-13-20(3)34(50)56-37-32(48)29(45)26(42)23(16-40)54-37)9-5-6-10-19(2)12-8-14-21(4)35(51)57-38-33(49)30(46)27(43)24(55-38)17-52-36-31(47)28(44)25(41)22(15-39)53-36/h5-14,22-33,36-49H,15-17H2,1-4H3/b6-5+,11-7+,12-8+,18-9-,19-10+,20-13+,21-14+/t22?,23?,24?,25-,26-,27-,28+,29+,30+,31?,32?,33?,36-,37+,38+/m1/s1. The van der Waals surface area contributed by atoms with Crippen LogP contribution in [0.5, 0.6) is 0 Å². The van der Waals surface area contributed by atoms with E-state index in [-0.39, 0.29) is 11.1 Å². The fourth-order valence-electron chi connectivity index (χ4n) is 5.46. The van der Waals surface area contributed by atoms with E-state index in [2.05, 4.69) is 0 Å². The minimum absolute atomic E-state index is 0.0944. The molecule has 6 unspecified atom stereocenters. The van der Waals surface area contributed by atoms with Crippen molar-refractivity contribution in [3.8, 4) is 0 Å². The highest BCUT2D eigenvalue weighted by Crippen LogP contribution is 2.27. The summed E-state index contributed by atoms with van der Waals surface area (Å²) in [7, 11) is 0. The second-order valence-electron chi connectivity index (χ2n) is 13.7. The molecule has 3 aliphatic heterocycles. The fraction of sp³-hybridized carbons (Fsp3) is 0.579. The van der Waals surface area contributed by atoms with Crippen molar-refractivity contribution in [1.29, 1.82) is 0 Å². The van der Waals surface area contributed by atoms with Gasteiger partial charge in [0.15, 0.2) is 6.29 Å². The van der Waals surface area contributed by atoms with Gasteiger partial charge in [-0.05, 0) is 27.7 Å². The third-order valence-corrected chi connectivity index (χ3v) is 9.12. The van der Waals surface area contributed by atoms with E-state index in [1.54, 1.807) is 55.5 Å². The monoisotopic (exact) mass is 814 g/mol. The third kappa shape index (κ3) is 13.3. The van der Waals surface area contributed by atoms with Gasteiger partial charge in [0.1, 0.15) is 73.2 Å². The number of allylic oxidation sites excluding steroid dienone is 12. The molecule has 0 aromatic carbocycles. The Morgan fingerprint density at radius 3 is 1.23 bits per heavy atom. The van der Waals surface area contributed by atoms with Gasteiger partial charge in [-0.2, -0.15) is 0 Å². The largest absolute Gasteiger partial charge is 0.429 e. The molecule has 19 heteroatoms. The predicted octanol–water partition coefficient (Wildman–Crippen LogP) is -3.05. The maximum atomic E-state index is 12.7. The molecule has 0 amide bonds. The molecule has 320 valence electrons. The maximum Gasteiger partial charge on any atom is 0.336 e. The van der Waals surface area contributed by atoms with E-state index in [9.17, 15) is 65.8 Å². The van der Waals surface area contributed by atoms with Crippen LogP contribution in [-0.2, 0) is 38.0 Å². The smallest absolute Gasteiger partial charge is 0.336 e. The average Bonchev–Trinajstić information content (AvgIpc) is 3.18. The first-order chi connectivity index (χ1) is 26.9. The highest BCUT2D eigenvalue weighted by Gasteiger charge is 2.48. The van der Waals surface area contributed by atoms with Crippen molar-refractivity contribution >= 4 is 11.9 Å². The van der Waals surface area contributed by atoms with Crippen LogP contribution in [0.3, 0.4) is 0 Å². The third-order valence-electron chi connectivity index (χ3n) is 9.12. The Kier molecular flexibility index (Phi) is 19.0. The van der Waals surface area contributed by atoms with Crippen molar-refractivity contribution in [1.82, 2.24) is 0 Å². The zero-order chi connectivity index (χ0) is 42.6. The molecule has 0 aromatic heterocycles. The lowest BCUT2D eigenvalue weighted by Gasteiger charge is -2.42. The number of carbonyl (C=O) groups is 2. The van der Waals surface area contributed by atoms with Crippen molar-refractivity contribution in [3.05, 3.63) is 83.1 Å². The molecule has 3 aliphatic rings. The van der Waals surface area contributed by atoms with E-state index in [1.165, 1.54) is 26.0 Å². The molecule has 3 rings (SSSR count). The summed E-state index contributed by atoms with van der Waals surface area (Å²) in [5.41, 5.74) is 1.86. The highest BCUT2D eigenvalue weighted by molar-refractivity contribution is 5.88. The summed E-state index contributed by atoms with van der Waals surface area (Å²) >= 11 is 0. The number of ether oxygens (including phenoxy) is 6. The first-order valence-electron chi connectivity index (χ1n) is 18.0. The van der Waals surface area contributed by atoms with Crippen LogP contribution in [0.15, 0.2) is 83.1 Å². The quantitative estimate of drug-likeness (QED) is 0.0445. The van der Waals surface area contributed by atoms with E-state index >= 15 is 0 Å². The van der Waals surface area contributed by atoms with Gasteiger partial charge >= 0.3 is 11.9 Å². The first-order valence-corrected chi connectivity index (χ1v) is 18.0. The lowest BCUT2D eigenvalue weighted by Crippen LogP contribution is -2.61. The molecule has 0 bridgehead atoms. The zero-order valence-electron chi connectivity index (χ0n) is 31.7. The molecule has 19 nitrogen and oxygen atoms in total. The van der Waals surface area contributed by atoms with Crippen LogP contribution in [0.1, 0.15) is 27.7 Å². The predicted molar refractivity (Wildman–Crippen MR) is 195 cm³/mol. The van der Waals surface area contributed by atoms with Crippen LogP contribution < -0.4 is 0 Å². The lowest BCUT2D eigenvalue weighted by molar-refractivity contribution is -0.326. The van der Waals surface area contributed by atoms with Crippen LogP contribution in [0.4, 0.5) is 0 Å². The number of hydrogen-bond donors (Lipinski definition) is 11. The van der Waals surface area contributed by atoms with Crippen LogP contribution in [0.2, 0.25) is 0 Å². The second-order valence-corrected chi connectivity index (χ2v) is 13.7. The summed E-state index contributed by atoms with van der Waals surface area (Å²) in [6.45, 7) is 4.59. The van der Waals surface area contributed by atoms with Gasteiger partial charge in [-0.25, -0.2) is 9.59 Å². The zero-order valence-corrected chi connectivity index (χ0v) is 31.7. The maximum absolute atomic E-state index is 12.7. The van der Waals surface area contributed by atoms with E-state index < -0.39 is 124 Å². The molecule has 57 heavy (non-hydrogen) atoms. The Bertz CT molecular complexity index is 1550. The summed E-state index contributed by atoms with van der Waals surface area (Å²) in [6, 6.07) is 0. The van der Waals surface area contributed by atoms with E-state index in [4.69, 9.17) is 28.4 Å². The molecule has 0 spiro atoms. The summed E-state index contributed by atoms with van der Waals surface area (Å²) < 4.78 is 31.6. The Hall–Kier alpha value is -3.48. The number of aliphatic hydroxyl groups is 11. The molecule has 3 heterocycles. The van der Waals surface area contributed by atoms with Crippen LogP contribution in [0.25, 0.3) is 0 Å². The van der Waals surface area contributed by atoms with Crippen LogP contribution >= 0.6 is 0 Å². The number of esters is 2. The SMILES string of the molecule is CC(=C/C=C/C=C(C)/C=C/C=C(\C)C(=O)O[C@@H]1OC(CO[C@@H]2OC(CO)[C@@H](O)[C@H](O)C2O)[C@@H](O)[C@H](O)C1O)/C=C/C=C(\C)C(=O)O[C@@H]1OC(CO)[C@@H](O)[C@H](O)C1O. The van der Waals surface area contributed by atoms with Gasteiger partial charge in [0.05, 0.1) is 19.8 Å². The Labute approximate surface area is 328 Å². The van der Waals surface area contributed by atoms with Gasteiger partial charge in [-0.1, -0.05) is 71.9 Å². The molecular weight excluding hydrogens is 760 g/mol. The Morgan fingerprint density at radius 1 is 0.474 bits per heavy atom. The topological polar surface area (TPSA) is 312 Å². The van der Waals surface area contributed by atoms with Gasteiger partial charge in [0.25, 0.3) is 0 Å². The number of carbonyl (C=O) groups excluding carboxylic acids is 2. The molecule has 0 saturated carbocycles. The molecule has 15 atom stereocenters. The van der Waals surface area contributed by atoms with Gasteiger partial charge in [0.2, 0.25) is 12.6 Å². The summed E-state index contributed by atoms with van der Waals surface area (Å²) in [5, 5.41) is 110. The molecule has 0 aliphatic carbocycles. The molecule has 0 aromatic rings. The van der Waals surface area contributed by atoms with Gasteiger partial charge in [-0.15, -0.1) is 0 Å². The van der Waals surface area contributed by atoms with Gasteiger partial charge in [0, 0.05) is 11.1 Å².